The van der Waals surface area contributed by atoms with Crippen molar-refractivity contribution in [2.75, 3.05) is 0 Å². The third-order valence-electron chi connectivity index (χ3n) is 4.28. The van der Waals surface area contributed by atoms with E-state index in [-0.39, 0.29) is 17.1 Å². The molecular formula is C18H23NO. The minimum absolute atomic E-state index is 0.0934. The zero-order valence-corrected chi connectivity index (χ0v) is 12.6. The normalized spacial score (nSPS) is 17.7. The highest BCUT2D eigenvalue weighted by Gasteiger charge is 2.30. The van der Waals surface area contributed by atoms with Crippen LogP contribution in [0.1, 0.15) is 63.5 Å². The lowest BCUT2D eigenvalue weighted by molar-refractivity contribution is -0.123. The van der Waals surface area contributed by atoms with Gasteiger partial charge in [-0.1, -0.05) is 57.9 Å². The number of hydrogen-bond acceptors (Lipinski definition) is 2. The Hall–Kier alpha value is -1.62. The standard InChI is InChI=1S/C18H23NO/c1-18(2,3)15-10-8-13(9-11-15)16(12-19)17(20)14-6-4-5-7-14/h8-11,14,16H,4-7H2,1-3H3. The molecule has 1 unspecified atom stereocenters. The van der Waals surface area contributed by atoms with Gasteiger partial charge in [0.2, 0.25) is 0 Å². The van der Waals surface area contributed by atoms with Crippen LogP contribution in [0.4, 0.5) is 0 Å². The largest absolute Gasteiger partial charge is 0.298 e. The minimum Gasteiger partial charge on any atom is -0.298 e. The smallest absolute Gasteiger partial charge is 0.157 e. The fourth-order valence-electron chi connectivity index (χ4n) is 2.92. The molecule has 0 saturated heterocycles. The quantitative estimate of drug-likeness (QED) is 0.818. The monoisotopic (exact) mass is 269 g/mol. The van der Waals surface area contributed by atoms with Gasteiger partial charge in [0.1, 0.15) is 5.92 Å². The summed E-state index contributed by atoms with van der Waals surface area (Å²) in [4.78, 5) is 12.4. The summed E-state index contributed by atoms with van der Waals surface area (Å²) < 4.78 is 0. The Morgan fingerprint density at radius 3 is 2.20 bits per heavy atom. The average molecular weight is 269 g/mol. The molecule has 1 fully saturated rings. The summed E-state index contributed by atoms with van der Waals surface area (Å²) in [7, 11) is 0. The maximum Gasteiger partial charge on any atom is 0.157 e. The highest BCUT2D eigenvalue weighted by atomic mass is 16.1. The predicted molar refractivity (Wildman–Crippen MR) is 80.5 cm³/mol. The van der Waals surface area contributed by atoms with Gasteiger partial charge in [0, 0.05) is 5.92 Å². The number of rotatable bonds is 3. The molecule has 0 aliphatic heterocycles. The fraction of sp³-hybridized carbons (Fsp3) is 0.556. The number of Topliss-reactive ketones (excluding diaryl/α,β-unsaturated/α-hetero) is 1. The van der Waals surface area contributed by atoms with E-state index in [0.29, 0.717) is 0 Å². The first kappa shape index (κ1) is 14.8. The molecular weight excluding hydrogens is 246 g/mol. The van der Waals surface area contributed by atoms with E-state index in [0.717, 1.165) is 31.2 Å². The summed E-state index contributed by atoms with van der Waals surface area (Å²) in [6.07, 6.45) is 4.16. The van der Waals surface area contributed by atoms with Gasteiger partial charge in [-0.15, -0.1) is 0 Å². The minimum atomic E-state index is -0.591. The van der Waals surface area contributed by atoms with Crippen molar-refractivity contribution in [3.05, 3.63) is 35.4 Å². The first-order chi connectivity index (χ1) is 9.43. The highest BCUT2D eigenvalue weighted by molar-refractivity contribution is 5.90. The van der Waals surface area contributed by atoms with Gasteiger partial charge in [-0.05, 0) is 29.4 Å². The molecule has 0 heterocycles. The molecule has 0 amide bonds. The van der Waals surface area contributed by atoms with Gasteiger partial charge in [-0.2, -0.15) is 5.26 Å². The summed E-state index contributed by atoms with van der Waals surface area (Å²) in [6.45, 7) is 6.48. The highest BCUT2D eigenvalue weighted by Crippen LogP contribution is 2.32. The number of benzene rings is 1. The van der Waals surface area contributed by atoms with Crippen LogP contribution < -0.4 is 0 Å². The van der Waals surface area contributed by atoms with E-state index in [1.54, 1.807) is 0 Å². The maximum atomic E-state index is 12.4. The van der Waals surface area contributed by atoms with E-state index in [4.69, 9.17) is 0 Å². The molecule has 0 N–H and O–H groups in total. The van der Waals surface area contributed by atoms with E-state index in [9.17, 15) is 10.1 Å². The van der Waals surface area contributed by atoms with E-state index in [1.807, 2.05) is 24.3 Å². The number of carbonyl (C=O) groups excluding carboxylic acids is 1. The summed E-state index contributed by atoms with van der Waals surface area (Å²) in [5.74, 6) is -0.373. The Morgan fingerprint density at radius 1 is 1.20 bits per heavy atom. The van der Waals surface area contributed by atoms with Crippen LogP contribution in [0, 0.1) is 17.2 Å². The van der Waals surface area contributed by atoms with Crippen molar-refractivity contribution in [1.29, 1.82) is 5.26 Å². The number of hydrogen-bond donors (Lipinski definition) is 0. The summed E-state index contributed by atoms with van der Waals surface area (Å²) >= 11 is 0. The van der Waals surface area contributed by atoms with Gasteiger partial charge in [-0.3, -0.25) is 4.79 Å². The molecule has 2 nitrogen and oxygen atoms in total. The van der Waals surface area contributed by atoms with Crippen LogP contribution in [0.5, 0.6) is 0 Å². The van der Waals surface area contributed by atoms with Crippen molar-refractivity contribution in [3.63, 3.8) is 0 Å². The Balaban J connectivity index is 2.20. The van der Waals surface area contributed by atoms with Gasteiger partial charge in [-0.25, -0.2) is 0 Å². The first-order valence-electron chi connectivity index (χ1n) is 7.47. The lowest BCUT2D eigenvalue weighted by atomic mass is 9.83. The van der Waals surface area contributed by atoms with Crippen molar-refractivity contribution >= 4 is 5.78 Å². The maximum absolute atomic E-state index is 12.4. The zero-order chi connectivity index (χ0) is 14.8. The molecule has 20 heavy (non-hydrogen) atoms. The fourth-order valence-corrected chi connectivity index (χ4v) is 2.92. The Bertz CT molecular complexity index is 510. The molecule has 0 radical (unpaired) electrons. The number of nitriles is 1. The second-order valence-electron chi connectivity index (χ2n) is 6.82. The van der Waals surface area contributed by atoms with Crippen molar-refractivity contribution in [3.8, 4) is 6.07 Å². The molecule has 1 aromatic carbocycles. The van der Waals surface area contributed by atoms with Crippen molar-refractivity contribution in [2.24, 2.45) is 5.92 Å². The molecule has 2 heteroatoms. The summed E-state index contributed by atoms with van der Waals surface area (Å²) in [6, 6.07) is 10.2. The number of ketones is 1. The van der Waals surface area contributed by atoms with E-state index >= 15 is 0 Å². The Labute approximate surface area is 121 Å². The van der Waals surface area contributed by atoms with Gasteiger partial charge in [0.15, 0.2) is 5.78 Å². The molecule has 1 saturated carbocycles. The molecule has 1 aromatic rings. The molecule has 0 spiro atoms. The average Bonchev–Trinajstić information content (AvgIpc) is 2.93. The van der Waals surface area contributed by atoms with E-state index < -0.39 is 5.92 Å². The van der Waals surface area contributed by atoms with Crippen LogP contribution in [0.2, 0.25) is 0 Å². The molecule has 106 valence electrons. The summed E-state index contributed by atoms with van der Waals surface area (Å²) in [5, 5.41) is 9.37. The topological polar surface area (TPSA) is 40.9 Å². The van der Waals surface area contributed by atoms with Crippen LogP contribution in [-0.2, 0) is 10.2 Å². The molecule has 1 aliphatic carbocycles. The molecule has 0 bridgehead atoms. The van der Waals surface area contributed by atoms with Gasteiger partial charge in [0.05, 0.1) is 6.07 Å². The lowest BCUT2D eigenvalue weighted by Crippen LogP contribution is -2.19. The third-order valence-corrected chi connectivity index (χ3v) is 4.28. The third kappa shape index (κ3) is 3.10. The SMILES string of the molecule is CC(C)(C)c1ccc(C(C#N)C(=O)C2CCCC2)cc1. The van der Waals surface area contributed by atoms with E-state index in [1.165, 1.54) is 5.56 Å². The Morgan fingerprint density at radius 2 is 1.75 bits per heavy atom. The van der Waals surface area contributed by atoms with Crippen LogP contribution in [-0.4, -0.2) is 5.78 Å². The van der Waals surface area contributed by atoms with Crippen molar-refractivity contribution < 1.29 is 4.79 Å². The molecule has 1 aliphatic rings. The zero-order valence-electron chi connectivity index (χ0n) is 12.6. The van der Waals surface area contributed by atoms with Crippen LogP contribution >= 0.6 is 0 Å². The molecule has 1 atom stereocenters. The van der Waals surface area contributed by atoms with Gasteiger partial charge < -0.3 is 0 Å². The lowest BCUT2D eigenvalue weighted by Gasteiger charge is -2.20. The summed E-state index contributed by atoms with van der Waals surface area (Å²) in [5.41, 5.74) is 2.17. The molecule has 0 aromatic heterocycles. The van der Waals surface area contributed by atoms with Crippen LogP contribution in [0.15, 0.2) is 24.3 Å². The number of carbonyl (C=O) groups is 1. The van der Waals surface area contributed by atoms with Crippen molar-refractivity contribution in [1.82, 2.24) is 0 Å². The van der Waals surface area contributed by atoms with Crippen LogP contribution in [0.25, 0.3) is 0 Å². The van der Waals surface area contributed by atoms with Crippen molar-refractivity contribution in [2.45, 2.75) is 57.8 Å². The Kier molecular flexibility index (Phi) is 4.28. The number of nitrogens with zero attached hydrogens (tertiary/aromatic N) is 1. The first-order valence-corrected chi connectivity index (χ1v) is 7.47. The van der Waals surface area contributed by atoms with Gasteiger partial charge >= 0.3 is 0 Å². The molecule has 2 rings (SSSR count). The predicted octanol–water partition coefficient (Wildman–Crippen LogP) is 4.35. The van der Waals surface area contributed by atoms with E-state index in [2.05, 4.69) is 26.8 Å². The van der Waals surface area contributed by atoms with Gasteiger partial charge in [0.25, 0.3) is 0 Å². The van der Waals surface area contributed by atoms with Crippen LogP contribution in [0.3, 0.4) is 0 Å². The second-order valence-corrected chi connectivity index (χ2v) is 6.82. The second kappa shape index (κ2) is 5.79.